The Morgan fingerprint density at radius 1 is 1.39 bits per heavy atom. The second-order valence-corrected chi connectivity index (χ2v) is 5.03. The van der Waals surface area contributed by atoms with Crippen LogP contribution in [-0.4, -0.2) is 30.0 Å². The first kappa shape index (κ1) is 11.7. The molecule has 96 valence electrons. The van der Waals surface area contributed by atoms with E-state index >= 15 is 0 Å². The Morgan fingerprint density at radius 2 is 2.11 bits per heavy atom. The molecule has 1 N–H and O–H groups in total. The molecule has 1 unspecified atom stereocenters. The van der Waals surface area contributed by atoms with Crippen molar-refractivity contribution < 1.29 is 14.3 Å². The van der Waals surface area contributed by atoms with Crippen molar-refractivity contribution in [3.63, 3.8) is 0 Å². The molecule has 4 nitrogen and oxygen atoms in total. The van der Waals surface area contributed by atoms with Crippen molar-refractivity contribution in [2.75, 3.05) is 12.5 Å². The number of hydrogen-bond acceptors (Lipinski definition) is 3. The van der Waals surface area contributed by atoms with Gasteiger partial charge in [0, 0.05) is 5.88 Å². The van der Waals surface area contributed by atoms with Gasteiger partial charge in [0.05, 0.1) is 5.54 Å². The molecule has 1 aromatic carbocycles. The first-order valence-electron chi connectivity index (χ1n) is 5.99. The van der Waals surface area contributed by atoms with Gasteiger partial charge in [0.2, 0.25) is 6.10 Å². The van der Waals surface area contributed by atoms with E-state index in [0.717, 1.165) is 12.8 Å². The number of carbonyl (C=O) groups is 1. The average Bonchev–Trinajstić information content (AvgIpc) is 3.18. The van der Waals surface area contributed by atoms with E-state index in [1.807, 2.05) is 18.2 Å². The molecule has 3 rings (SSSR count). The molecular formula is C13H14ClNO3. The Kier molecular flexibility index (Phi) is 2.82. The lowest BCUT2D eigenvalue weighted by Gasteiger charge is -2.27. The van der Waals surface area contributed by atoms with E-state index in [0.29, 0.717) is 17.4 Å². The van der Waals surface area contributed by atoms with Crippen molar-refractivity contribution in [2.24, 2.45) is 0 Å². The van der Waals surface area contributed by atoms with Crippen LogP contribution >= 0.6 is 11.6 Å². The molecule has 1 aliphatic heterocycles. The van der Waals surface area contributed by atoms with Gasteiger partial charge in [0.1, 0.15) is 6.61 Å². The maximum atomic E-state index is 12.0. The predicted molar refractivity (Wildman–Crippen MR) is 67.2 cm³/mol. The van der Waals surface area contributed by atoms with Crippen LogP contribution in [0.4, 0.5) is 0 Å². The molecule has 1 aromatic rings. The fraction of sp³-hybridized carbons (Fsp3) is 0.462. The zero-order chi connectivity index (χ0) is 12.6. The third-order valence-corrected chi connectivity index (χ3v) is 3.81. The number of hydrogen-bond donors (Lipinski definition) is 1. The van der Waals surface area contributed by atoms with E-state index in [9.17, 15) is 4.79 Å². The van der Waals surface area contributed by atoms with Crippen molar-refractivity contribution in [1.82, 2.24) is 5.32 Å². The quantitative estimate of drug-likeness (QED) is 0.849. The summed E-state index contributed by atoms with van der Waals surface area (Å²) in [5.74, 6) is 1.59. The number of ether oxygens (including phenoxy) is 2. The van der Waals surface area contributed by atoms with Crippen LogP contribution in [0.5, 0.6) is 11.5 Å². The summed E-state index contributed by atoms with van der Waals surface area (Å²) in [7, 11) is 0. The zero-order valence-electron chi connectivity index (χ0n) is 9.82. The van der Waals surface area contributed by atoms with Crippen LogP contribution < -0.4 is 14.8 Å². The minimum Gasteiger partial charge on any atom is -0.485 e. The summed E-state index contributed by atoms with van der Waals surface area (Å²) >= 11 is 5.83. The van der Waals surface area contributed by atoms with Crippen LogP contribution in [0.25, 0.3) is 0 Å². The normalized spacial score (nSPS) is 23.3. The molecule has 0 bridgehead atoms. The van der Waals surface area contributed by atoms with Crippen LogP contribution in [0.2, 0.25) is 0 Å². The van der Waals surface area contributed by atoms with Crippen LogP contribution in [-0.2, 0) is 4.79 Å². The molecule has 0 radical (unpaired) electrons. The van der Waals surface area contributed by atoms with Gasteiger partial charge in [-0.3, -0.25) is 4.79 Å². The minimum absolute atomic E-state index is 0.150. The van der Waals surface area contributed by atoms with E-state index in [1.165, 1.54) is 0 Å². The summed E-state index contributed by atoms with van der Waals surface area (Å²) in [6.07, 6.45) is 1.28. The Hall–Kier alpha value is -1.42. The summed E-state index contributed by atoms with van der Waals surface area (Å²) in [5, 5.41) is 2.94. The van der Waals surface area contributed by atoms with E-state index in [2.05, 4.69) is 5.32 Å². The van der Waals surface area contributed by atoms with Crippen molar-refractivity contribution in [3.8, 4) is 11.5 Å². The number of alkyl halides is 1. The number of para-hydroxylation sites is 2. The standard InChI is InChI=1S/C13H14ClNO3/c14-8-13(5-6-13)15-12(16)11-7-17-9-3-1-2-4-10(9)18-11/h1-4,11H,5-8H2,(H,15,16). The summed E-state index contributed by atoms with van der Waals surface area (Å²) in [6, 6.07) is 7.34. The Labute approximate surface area is 110 Å². The second kappa shape index (κ2) is 4.35. The highest BCUT2D eigenvalue weighted by Gasteiger charge is 2.45. The highest BCUT2D eigenvalue weighted by molar-refractivity contribution is 6.19. The van der Waals surface area contributed by atoms with Crippen molar-refractivity contribution in [2.45, 2.75) is 24.5 Å². The Bertz CT molecular complexity index is 473. The molecule has 1 amide bonds. The summed E-state index contributed by atoms with van der Waals surface area (Å²) in [5.41, 5.74) is -0.209. The molecule has 1 fully saturated rings. The van der Waals surface area contributed by atoms with Gasteiger partial charge in [-0.15, -0.1) is 11.6 Å². The highest BCUT2D eigenvalue weighted by atomic mass is 35.5. The number of nitrogens with one attached hydrogen (secondary N) is 1. The summed E-state index contributed by atoms with van der Waals surface area (Å²) in [6.45, 7) is 0.237. The second-order valence-electron chi connectivity index (χ2n) is 4.77. The smallest absolute Gasteiger partial charge is 0.265 e. The molecule has 0 spiro atoms. The number of halogens is 1. The largest absolute Gasteiger partial charge is 0.485 e. The molecular weight excluding hydrogens is 254 g/mol. The summed E-state index contributed by atoms with van der Waals surface area (Å²) < 4.78 is 11.1. The molecule has 1 saturated carbocycles. The van der Waals surface area contributed by atoms with E-state index < -0.39 is 6.10 Å². The van der Waals surface area contributed by atoms with Gasteiger partial charge in [0.25, 0.3) is 5.91 Å². The molecule has 5 heteroatoms. The predicted octanol–water partition coefficient (Wildman–Crippen LogP) is 1.71. The maximum absolute atomic E-state index is 12.0. The minimum atomic E-state index is -0.597. The van der Waals surface area contributed by atoms with Gasteiger partial charge in [-0.1, -0.05) is 12.1 Å². The van der Waals surface area contributed by atoms with Crippen molar-refractivity contribution in [3.05, 3.63) is 24.3 Å². The van der Waals surface area contributed by atoms with E-state index in [1.54, 1.807) is 6.07 Å². The topological polar surface area (TPSA) is 47.6 Å². The molecule has 0 aromatic heterocycles. The van der Waals surface area contributed by atoms with E-state index in [-0.39, 0.29) is 18.1 Å². The third-order valence-electron chi connectivity index (χ3n) is 3.30. The van der Waals surface area contributed by atoms with Gasteiger partial charge in [0.15, 0.2) is 11.5 Å². The SMILES string of the molecule is O=C(NC1(CCl)CC1)C1COc2ccccc2O1. The number of benzene rings is 1. The van der Waals surface area contributed by atoms with Crippen LogP contribution in [0.15, 0.2) is 24.3 Å². The number of rotatable bonds is 3. The lowest BCUT2D eigenvalue weighted by atomic mass is 10.2. The molecule has 1 aliphatic carbocycles. The fourth-order valence-corrected chi connectivity index (χ4v) is 2.27. The van der Waals surface area contributed by atoms with Gasteiger partial charge >= 0.3 is 0 Å². The van der Waals surface area contributed by atoms with Crippen LogP contribution in [0.3, 0.4) is 0 Å². The molecule has 1 atom stereocenters. The van der Waals surface area contributed by atoms with E-state index in [4.69, 9.17) is 21.1 Å². The van der Waals surface area contributed by atoms with Crippen molar-refractivity contribution in [1.29, 1.82) is 0 Å². The van der Waals surface area contributed by atoms with Crippen molar-refractivity contribution >= 4 is 17.5 Å². The highest BCUT2D eigenvalue weighted by Crippen LogP contribution is 2.37. The number of carbonyl (C=O) groups excluding carboxylic acids is 1. The summed E-state index contributed by atoms with van der Waals surface area (Å²) in [4.78, 5) is 12.0. The zero-order valence-corrected chi connectivity index (χ0v) is 10.6. The number of amides is 1. The van der Waals surface area contributed by atoms with Crippen LogP contribution in [0.1, 0.15) is 12.8 Å². The van der Waals surface area contributed by atoms with Gasteiger partial charge in [-0.05, 0) is 25.0 Å². The monoisotopic (exact) mass is 267 g/mol. The number of fused-ring (bicyclic) bond motifs is 1. The lowest BCUT2D eigenvalue weighted by molar-refractivity contribution is -0.131. The molecule has 1 heterocycles. The van der Waals surface area contributed by atoms with Gasteiger partial charge in [-0.25, -0.2) is 0 Å². The molecule has 0 saturated heterocycles. The van der Waals surface area contributed by atoms with Gasteiger partial charge < -0.3 is 14.8 Å². The Morgan fingerprint density at radius 3 is 2.78 bits per heavy atom. The third kappa shape index (κ3) is 2.12. The maximum Gasteiger partial charge on any atom is 0.265 e. The first-order valence-corrected chi connectivity index (χ1v) is 6.52. The molecule has 2 aliphatic rings. The van der Waals surface area contributed by atoms with Crippen LogP contribution in [0, 0.1) is 0 Å². The molecule has 18 heavy (non-hydrogen) atoms. The fourth-order valence-electron chi connectivity index (χ4n) is 1.93. The van der Waals surface area contributed by atoms with Gasteiger partial charge in [-0.2, -0.15) is 0 Å². The first-order chi connectivity index (χ1) is 8.72. The average molecular weight is 268 g/mol. The Balaban J connectivity index is 1.67. The lowest BCUT2D eigenvalue weighted by Crippen LogP contribution is -2.49.